The van der Waals surface area contributed by atoms with Crippen molar-refractivity contribution in [3.8, 4) is 0 Å². The van der Waals surface area contributed by atoms with Crippen molar-refractivity contribution in [2.45, 2.75) is 119 Å². The van der Waals surface area contributed by atoms with Crippen molar-refractivity contribution >= 4 is 159 Å². The zero-order valence-corrected chi connectivity index (χ0v) is 50.1. The first-order valence-corrected chi connectivity index (χ1v) is 19.3. The molecule has 0 aliphatic heterocycles. The quantitative estimate of drug-likeness (QED) is 0.128. The van der Waals surface area contributed by atoms with E-state index < -0.39 is 0 Å². The Kier molecular flexibility index (Phi) is 152. The molecule has 0 aliphatic carbocycles. The Balaban J connectivity index is -0.0000000381. The topological polar surface area (TPSA) is 13.0 Å². The molecular weight excluding hydrogens is 1140 g/mol. The summed E-state index contributed by atoms with van der Waals surface area (Å²) in [4.78, 5) is 7.97. The van der Waals surface area contributed by atoms with Crippen LogP contribution < -0.4 is 37.2 Å². The van der Waals surface area contributed by atoms with Crippen LogP contribution in [0.25, 0.3) is 0 Å². The van der Waals surface area contributed by atoms with Crippen LogP contribution in [0.15, 0.2) is 0 Å². The predicted octanol–water partition coefficient (Wildman–Crippen LogP) is 0.172. The van der Waals surface area contributed by atoms with Crippen molar-refractivity contribution in [2.75, 3.05) is 60.4 Å². The van der Waals surface area contributed by atoms with Crippen molar-refractivity contribution < 1.29 is 37.2 Å². The smallest absolute Gasteiger partial charge is 1.00 e. The van der Waals surface area contributed by atoms with Gasteiger partial charge in [0.25, 0.3) is 0 Å². The number of hydrogen-bond donors (Lipinski definition) is 0. The molecule has 0 rings (SSSR count). The van der Waals surface area contributed by atoms with Crippen LogP contribution in [-0.4, -0.2) is 165 Å². The summed E-state index contributed by atoms with van der Waals surface area (Å²) >= 11 is 30.0. The fourth-order valence-corrected chi connectivity index (χ4v) is 2.03. The summed E-state index contributed by atoms with van der Waals surface area (Å²) in [6, 6.07) is 0. The fourth-order valence-electron chi connectivity index (χ4n) is 1.48. The first-order valence-electron chi connectivity index (χ1n) is 16.9. The van der Waals surface area contributed by atoms with E-state index >= 15 is 0 Å². The van der Waals surface area contributed by atoms with Gasteiger partial charge in [-0.2, -0.15) is 0 Å². The zero-order chi connectivity index (χ0) is 37.8. The molecule has 0 heterocycles. The molecule has 0 amide bonds. The van der Waals surface area contributed by atoms with Crippen molar-refractivity contribution in [3.63, 3.8) is 0 Å². The van der Waals surface area contributed by atoms with Gasteiger partial charge in [0.2, 0.25) is 0 Å². The number of nitrogens with zero attached hydrogens (tertiary/aromatic N) is 4. The second kappa shape index (κ2) is 86.4. The van der Waals surface area contributed by atoms with Crippen LogP contribution in [0.4, 0.5) is 0 Å². The normalized spacial score (nSPS) is 7.85. The number of unbranched alkanes of at least 4 members (excludes halogenated alkanes) is 6. The molecular formula is C36H75Cl3N4S6Sn3. The second-order valence-corrected chi connectivity index (χ2v) is 13.1. The molecule has 0 aromatic carbocycles. The average molecular weight is 1220 g/mol. The summed E-state index contributed by atoms with van der Waals surface area (Å²) in [5.74, 6) is 0. The number of thiocarbonyl (C=S) groups is 3. The minimum absolute atomic E-state index is 0. The van der Waals surface area contributed by atoms with E-state index in [1.165, 1.54) is 38.5 Å². The van der Waals surface area contributed by atoms with Gasteiger partial charge in [-0.3, -0.25) is 4.90 Å². The maximum absolute atomic E-state index is 5.00. The van der Waals surface area contributed by atoms with Gasteiger partial charge < -0.3 is 126 Å². The Morgan fingerprint density at radius 1 is 0.385 bits per heavy atom. The van der Waals surface area contributed by atoms with Crippen LogP contribution in [0.5, 0.6) is 0 Å². The Bertz CT molecular complexity index is 501. The van der Waals surface area contributed by atoms with E-state index in [1.807, 2.05) is 35.8 Å². The standard InChI is InChI=1S/C12H24N4S6.6C4H9.3ClH.3Sn/c1-13(10(17)18)4-7-16(8-5-14(2)11(19)20)9-6-15(3)12(21)22;6*1-3-4-2;;;;;;/h4-9H2,1-3H3,(H,17,18)(H,19,20)(H,21,22);6*1,3-4H2,2H3;3*1H;;;/q;;;;;;;;;;3*+2/p-6. The summed E-state index contributed by atoms with van der Waals surface area (Å²) < 4.78 is 1.44. The molecule has 0 N–H and O–H groups in total. The molecule has 0 saturated carbocycles. The Morgan fingerprint density at radius 3 is 0.577 bits per heavy atom. The van der Waals surface area contributed by atoms with E-state index in [0.29, 0.717) is 13.0 Å². The Hall–Kier alpha value is 3.56. The van der Waals surface area contributed by atoms with E-state index in [9.17, 15) is 0 Å². The Morgan fingerprint density at radius 2 is 0.500 bits per heavy atom. The number of likely N-dealkylation sites (N-methyl/N-ethyl adjacent to an activating group) is 3. The van der Waals surface area contributed by atoms with Crippen molar-refractivity contribution in [3.05, 3.63) is 41.5 Å². The van der Waals surface area contributed by atoms with Gasteiger partial charge >= 0.3 is 71.7 Å². The molecule has 0 saturated heterocycles. The summed E-state index contributed by atoms with van der Waals surface area (Å²) in [5.41, 5.74) is 0. The summed E-state index contributed by atoms with van der Waals surface area (Å²) in [7, 11) is 5.72. The molecule has 4 nitrogen and oxygen atoms in total. The maximum atomic E-state index is 5.00. The molecule has 0 bridgehead atoms. The van der Waals surface area contributed by atoms with Gasteiger partial charge in [0, 0.05) is 60.4 Å². The number of hydrogen-bond acceptors (Lipinski definition) is 7. The Labute approximate surface area is 431 Å². The molecule has 52 heavy (non-hydrogen) atoms. The molecule has 0 aromatic heterocycles. The summed E-state index contributed by atoms with van der Waals surface area (Å²) in [6.45, 7) is 39.2. The van der Waals surface area contributed by atoms with Gasteiger partial charge in [-0.15, -0.1) is 0 Å². The molecule has 0 atom stereocenters. The molecule has 308 valence electrons. The molecule has 16 heteroatoms. The van der Waals surface area contributed by atoms with Crippen molar-refractivity contribution in [1.82, 2.24) is 19.6 Å². The van der Waals surface area contributed by atoms with Crippen molar-refractivity contribution in [2.24, 2.45) is 0 Å². The first kappa shape index (κ1) is 91.3. The minimum Gasteiger partial charge on any atom is -1.00 e. The molecule has 0 unspecified atom stereocenters. The average Bonchev–Trinajstić information content (AvgIpc) is 3.07. The van der Waals surface area contributed by atoms with E-state index in [-0.39, 0.29) is 109 Å². The van der Waals surface area contributed by atoms with E-state index in [0.717, 1.165) is 77.8 Å². The first-order chi connectivity index (χ1) is 21.6. The predicted molar refractivity (Wildman–Crippen MR) is 253 cm³/mol. The van der Waals surface area contributed by atoms with Gasteiger partial charge in [-0.25, -0.2) is 0 Å². The molecule has 0 fully saturated rings. The summed E-state index contributed by atoms with van der Waals surface area (Å²) in [5, 5.41) is 0. The summed E-state index contributed by atoms with van der Waals surface area (Å²) in [6.07, 6.45) is 13.7. The maximum Gasteiger partial charge on any atom is 2.00 e. The largest absolute Gasteiger partial charge is 2.00 e. The van der Waals surface area contributed by atoms with Crippen LogP contribution >= 0.6 is 36.7 Å². The van der Waals surface area contributed by atoms with Crippen LogP contribution in [0.3, 0.4) is 0 Å². The number of halogens is 3. The third-order valence-corrected chi connectivity index (χ3v) is 7.18. The second-order valence-electron chi connectivity index (χ2n) is 10.0. The van der Waals surface area contributed by atoms with Crippen LogP contribution in [-0.2, 0) is 37.9 Å². The van der Waals surface area contributed by atoms with Crippen molar-refractivity contribution in [1.29, 1.82) is 0 Å². The third-order valence-electron chi connectivity index (χ3n) is 5.31. The molecule has 0 spiro atoms. The van der Waals surface area contributed by atoms with Gasteiger partial charge in [-0.1, -0.05) is 173 Å². The monoisotopic (exact) mass is 1220 g/mol. The van der Waals surface area contributed by atoms with Gasteiger partial charge in [0.15, 0.2) is 0 Å². The number of rotatable bonds is 15. The van der Waals surface area contributed by atoms with Crippen LogP contribution in [0.1, 0.15) is 119 Å². The van der Waals surface area contributed by atoms with Gasteiger partial charge in [0.05, 0.1) is 0 Å². The molecule has 0 aliphatic rings. The van der Waals surface area contributed by atoms with E-state index in [1.54, 1.807) is 0 Å². The molecule has 0 aromatic rings. The van der Waals surface area contributed by atoms with Gasteiger partial charge in [-0.05, 0) is 0 Å². The third kappa shape index (κ3) is 111. The van der Waals surface area contributed by atoms with E-state index in [4.69, 9.17) is 74.5 Å². The zero-order valence-electron chi connectivity index (χ0n) is 34.3. The molecule has 12 radical (unpaired) electrons. The van der Waals surface area contributed by atoms with Crippen LogP contribution in [0, 0.1) is 41.5 Å². The van der Waals surface area contributed by atoms with Gasteiger partial charge in [0.1, 0.15) is 0 Å². The van der Waals surface area contributed by atoms with Crippen LogP contribution in [0.2, 0.25) is 0 Å². The fraction of sp³-hybridized carbons (Fsp3) is 0.750. The SMILES string of the molecule is CN(CCN(CCN(C)C(=S)[S-])CCN(C)C(=S)[S-])C(=S)[S-].[CH2]CCC.[CH2]CCC.[CH2]CCC.[CH2]CCC.[CH2]CCC.[CH2]CCC.[Cl-].[Cl-].[Cl-].[Sn+2].[Sn+2].[Sn+2]. The van der Waals surface area contributed by atoms with E-state index in [2.05, 4.69) is 88.0 Å². The minimum atomic E-state index is 0.